The highest BCUT2D eigenvalue weighted by Gasteiger charge is 2.33. The number of anilines is 1. The number of carbonyl (C=O) groups excluding carboxylic acids is 1. The zero-order valence-corrected chi connectivity index (χ0v) is 22.4. The molecule has 3 N–H and O–H groups in total. The van der Waals surface area contributed by atoms with Gasteiger partial charge in [0.2, 0.25) is 0 Å². The van der Waals surface area contributed by atoms with Crippen LogP contribution in [0.5, 0.6) is 5.75 Å². The summed E-state index contributed by atoms with van der Waals surface area (Å²) in [4.78, 5) is 19.0. The van der Waals surface area contributed by atoms with E-state index in [4.69, 9.17) is 39.0 Å². The van der Waals surface area contributed by atoms with Gasteiger partial charge in [-0.15, -0.1) is 0 Å². The predicted molar refractivity (Wildman–Crippen MR) is 142 cm³/mol. The molecule has 3 rings (SSSR count). The van der Waals surface area contributed by atoms with Crippen LogP contribution in [-0.2, 0) is 4.74 Å². The van der Waals surface area contributed by atoms with E-state index in [1.807, 2.05) is 0 Å². The number of ether oxygens (including phenoxy) is 2. The molecule has 0 aromatic heterocycles. The molecule has 2 atom stereocenters. The molecule has 1 aromatic carbocycles. The average molecular weight is 511 g/mol. The van der Waals surface area contributed by atoms with Crippen LogP contribution in [0.15, 0.2) is 12.1 Å². The van der Waals surface area contributed by atoms with Crippen LogP contribution >= 0.6 is 23.8 Å². The van der Waals surface area contributed by atoms with Crippen LogP contribution in [0.25, 0.3) is 0 Å². The molecule has 0 aliphatic carbocycles. The second-order valence-corrected chi connectivity index (χ2v) is 10.8. The molecule has 0 bridgehead atoms. The maximum absolute atomic E-state index is 13.0. The summed E-state index contributed by atoms with van der Waals surface area (Å²) in [5, 5.41) is 3.46. The molecule has 2 aliphatic rings. The van der Waals surface area contributed by atoms with Crippen molar-refractivity contribution in [1.82, 2.24) is 15.1 Å². The fourth-order valence-corrected chi connectivity index (χ4v) is 5.60. The second kappa shape index (κ2) is 12.4. The van der Waals surface area contributed by atoms with E-state index in [1.165, 1.54) is 20.0 Å². The van der Waals surface area contributed by atoms with Crippen LogP contribution in [0.3, 0.4) is 0 Å². The Morgan fingerprint density at radius 2 is 1.94 bits per heavy atom. The lowest BCUT2D eigenvalue weighted by Crippen LogP contribution is -2.55. The summed E-state index contributed by atoms with van der Waals surface area (Å²) in [7, 11) is 3.22. The van der Waals surface area contributed by atoms with Crippen molar-refractivity contribution in [2.45, 2.75) is 51.7 Å². The largest absolute Gasteiger partial charge is 0.496 e. The van der Waals surface area contributed by atoms with Crippen molar-refractivity contribution in [3.05, 3.63) is 22.7 Å². The monoisotopic (exact) mass is 510 g/mol. The number of nitrogens with two attached hydrogens (primary N) is 1. The Hall–Kier alpha value is -1.61. The molecule has 0 saturated carbocycles. The van der Waals surface area contributed by atoms with Gasteiger partial charge in [0, 0.05) is 52.3 Å². The van der Waals surface area contributed by atoms with Crippen molar-refractivity contribution in [2.24, 2.45) is 11.8 Å². The Kier molecular flexibility index (Phi) is 9.83. The molecular formula is C25H39ClN4O3S. The predicted octanol–water partition coefficient (Wildman–Crippen LogP) is 3.84. The van der Waals surface area contributed by atoms with Crippen LogP contribution in [0, 0.1) is 11.8 Å². The molecular weight excluding hydrogens is 472 g/mol. The SMILES string of the molecule is COc1cc(N)c(Cl)cc1C(=O)N[C@@H]1CCN(CC2CCN(C(=S)CC(C)C)CC2)C[C@@H]1OC. The molecule has 0 spiro atoms. The number of hydrogen-bond donors (Lipinski definition) is 2. The molecule has 190 valence electrons. The number of nitrogen functional groups attached to an aromatic ring is 1. The van der Waals surface area contributed by atoms with E-state index >= 15 is 0 Å². The number of nitrogens with one attached hydrogen (secondary N) is 1. The van der Waals surface area contributed by atoms with Crippen molar-refractivity contribution in [3.8, 4) is 5.75 Å². The standard InChI is InChI=1S/C25H39ClN4O3S/c1-16(2)11-24(34)30-9-5-17(6-10-30)14-29-8-7-21(23(15-29)33-4)28-25(31)18-12-19(26)20(27)13-22(18)32-3/h12-13,16-17,21,23H,5-11,14-15,27H2,1-4H3,(H,28,31)/t21-,23+/m1/s1. The minimum Gasteiger partial charge on any atom is -0.496 e. The zero-order valence-electron chi connectivity index (χ0n) is 20.8. The molecule has 7 nitrogen and oxygen atoms in total. The van der Waals surface area contributed by atoms with E-state index in [2.05, 4.69) is 29.0 Å². The molecule has 1 aromatic rings. The summed E-state index contributed by atoms with van der Waals surface area (Å²) in [5.74, 6) is 1.45. The minimum atomic E-state index is -0.232. The first-order valence-electron chi connectivity index (χ1n) is 12.2. The van der Waals surface area contributed by atoms with Gasteiger partial charge in [-0.3, -0.25) is 4.79 Å². The smallest absolute Gasteiger partial charge is 0.255 e. The van der Waals surface area contributed by atoms with Gasteiger partial charge in [-0.05, 0) is 37.2 Å². The third kappa shape index (κ3) is 6.97. The maximum atomic E-state index is 13.0. The van der Waals surface area contributed by atoms with Crippen LogP contribution in [0.4, 0.5) is 5.69 Å². The maximum Gasteiger partial charge on any atom is 0.255 e. The number of rotatable bonds is 8. The second-order valence-electron chi connectivity index (χ2n) is 9.90. The van der Waals surface area contributed by atoms with E-state index in [9.17, 15) is 4.79 Å². The van der Waals surface area contributed by atoms with Gasteiger partial charge in [0.05, 0.1) is 40.5 Å². The Morgan fingerprint density at radius 3 is 2.56 bits per heavy atom. The highest BCUT2D eigenvalue weighted by Crippen LogP contribution is 2.29. The van der Waals surface area contributed by atoms with Crippen LogP contribution in [0.2, 0.25) is 5.02 Å². The summed E-state index contributed by atoms with van der Waals surface area (Å²) in [6.45, 7) is 9.35. The van der Waals surface area contributed by atoms with Gasteiger partial charge in [0.1, 0.15) is 5.75 Å². The lowest BCUT2D eigenvalue weighted by molar-refractivity contribution is -0.000291. The lowest BCUT2D eigenvalue weighted by atomic mass is 9.93. The summed E-state index contributed by atoms with van der Waals surface area (Å²) in [5.41, 5.74) is 6.60. The van der Waals surface area contributed by atoms with E-state index in [0.29, 0.717) is 33.9 Å². The quantitative estimate of drug-likeness (QED) is 0.406. The van der Waals surface area contributed by atoms with Gasteiger partial charge in [0.25, 0.3) is 5.91 Å². The van der Waals surface area contributed by atoms with Gasteiger partial charge in [-0.2, -0.15) is 0 Å². The Morgan fingerprint density at radius 1 is 1.24 bits per heavy atom. The molecule has 2 fully saturated rings. The van der Waals surface area contributed by atoms with E-state index in [0.717, 1.165) is 50.6 Å². The van der Waals surface area contributed by atoms with Gasteiger partial charge >= 0.3 is 0 Å². The molecule has 2 saturated heterocycles. The van der Waals surface area contributed by atoms with Crippen molar-refractivity contribution < 1.29 is 14.3 Å². The van der Waals surface area contributed by atoms with E-state index in [-0.39, 0.29) is 18.1 Å². The molecule has 2 heterocycles. The van der Waals surface area contributed by atoms with E-state index < -0.39 is 0 Å². The van der Waals surface area contributed by atoms with Crippen LogP contribution < -0.4 is 15.8 Å². The minimum absolute atomic E-state index is 0.0772. The molecule has 34 heavy (non-hydrogen) atoms. The number of benzene rings is 1. The zero-order chi connectivity index (χ0) is 24.8. The highest BCUT2D eigenvalue weighted by molar-refractivity contribution is 7.80. The summed E-state index contributed by atoms with van der Waals surface area (Å²) >= 11 is 11.8. The molecule has 0 unspecified atom stereocenters. The van der Waals surface area contributed by atoms with Gasteiger partial charge in [-0.25, -0.2) is 0 Å². The third-order valence-electron chi connectivity index (χ3n) is 6.89. The van der Waals surface area contributed by atoms with Crippen molar-refractivity contribution >= 4 is 40.4 Å². The Bertz CT molecular complexity index is 861. The number of carbonyl (C=O) groups is 1. The van der Waals surface area contributed by atoms with Crippen LogP contribution in [-0.4, -0.2) is 79.8 Å². The number of halogens is 1. The van der Waals surface area contributed by atoms with Crippen molar-refractivity contribution in [2.75, 3.05) is 52.7 Å². The molecule has 0 radical (unpaired) electrons. The normalized spacial score (nSPS) is 22.1. The van der Waals surface area contributed by atoms with E-state index in [1.54, 1.807) is 19.2 Å². The number of thiocarbonyl (C=S) groups is 1. The highest BCUT2D eigenvalue weighted by atomic mass is 35.5. The van der Waals surface area contributed by atoms with Gasteiger partial charge in [0.15, 0.2) is 0 Å². The van der Waals surface area contributed by atoms with Gasteiger partial charge < -0.3 is 30.3 Å². The number of piperidine rings is 2. The summed E-state index contributed by atoms with van der Waals surface area (Å²) in [6, 6.07) is 3.06. The first-order chi connectivity index (χ1) is 16.2. The first-order valence-corrected chi connectivity index (χ1v) is 13.0. The Labute approximate surface area is 214 Å². The number of hydrogen-bond acceptors (Lipinski definition) is 6. The Balaban J connectivity index is 1.51. The average Bonchev–Trinajstić information content (AvgIpc) is 2.81. The molecule has 1 amide bonds. The third-order valence-corrected chi connectivity index (χ3v) is 7.64. The lowest BCUT2D eigenvalue weighted by Gasteiger charge is -2.41. The van der Waals surface area contributed by atoms with Crippen molar-refractivity contribution in [3.63, 3.8) is 0 Å². The van der Waals surface area contributed by atoms with Gasteiger partial charge in [-0.1, -0.05) is 37.7 Å². The summed E-state index contributed by atoms with van der Waals surface area (Å²) in [6.07, 6.45) is 4.09. The first kappa shape index (κ1) is 27.0. The number of likely N-dealkylation sites (tertiary alicyclic amines) is 2. The number of nitrogens with zero attached hydrogens (tertiary/aromatic N) is 2. The fourth-order valence-electron chi connectivity index (χ4n) is 4.92. The number of amides is 1. The topological polar surface area (TPSA) is 80.1 Å². The number of methoxy groups -OCH3 is 2. The summed E-state index contributed by atoms with van der Waals surface area (Å²) < 4.78 is 11.1. The fraction of sp³-hybridized carbons (Fsp3) is 0.680. The van der Waals surface area contributed by atoms with Crippen LogP contribution in [0.1, 0.15) is 49.9 Å². The molecule has 2 aliphatic heterocycles. The van der Waals surface area contributed by atoms with Crippen molar-refractivity contribution in [1.29, 1.82) is 0 Å². The molecule has 9 heteroatoms.